The van der Waals surface area contributed by atoms with E-state index < -0.39 is 0 Å². The molecule has 2 aliphatic heterocycles. The summed E-state index contributed by atoms with van der Waals surface area (Å²) < 4.78 is 3.71. The number of hydrogen-bond acceptors (Lipinski definition) is 6. The fraction of sp³-hybridized carbons (Fsp3) is 0.429. The van der Waals surface area contributed by atoms with Crippen molar-refractivity contribution in [2.45, 2.75) is 19.5 Å². The maximum Gasteiger partial charge on any atom is 0.328 e. The minimum absolute atomic E-state index is 0.235. The molecule has 31 heavy (non-hydrogen) atoms. The molecule has 10 nitrogen and oxygen atoms in total. The number of amides is 3. The van der Waals surface area contributed by atoms with Crippen molar-refractivity contribution >= 4 is 23.1 Å². The average molecular weight is 422 g/mol. The van der Waals surface area contributed by atoms with Crippen LogP contribution in [-0.4, -0.2) is 73.9 Å². The molecule has 3 amide bonds. The Morgan fingerprint density at radius 1 is 1.00 bits per heavy atom. The summed E-state index contributed by atoms with van der Waals surface area (Å²) in [6.45, 7) is 6.20. The number of aryl methyl sites for hydroxylation is 1. The Morgan fingerprint density at radius 2 is 1.77 bits per heavy atom. The standard InChI is InChI=1S/C21H26N8O2/c1-25-17(2-5-22-25)15-27-10-8-26(9-11-27)14-16-3-7-29-18(12-16)19(13-23-29)28-6-4-20(30)24-21(28)31/h2-3,5,7,12-13H,4,6,8-11,14-15H2,1H3,(H,24,30,31). The number of hydrogen-bond donors (Lipinski definition) is 1. The molecule has 0 bridgehead atoms. The highest BCUT2D eigenvalue weighted by Crippen LogP contribution is 2.24. The third-order valence-corrected chi connectivity index (χ3v) is 6.09. The molecule has 0 spiro atoms. The minimum atomic E-state index is -0.388. The van der Waals surface area contributed by atoms with Crippen molar-refractivity contribution in [2.75, 3.05) is 37.6 Å². The van der Waals surface area contributed by atoms with Gasteiger partial charge in [0.2, 0.25) is 5.91 Å². The van der Waals surface area contributed by atoms with E-state index in [1.54, 1.807) is 15.6 Å². The van der Waals surface area contributed by atoms with Crippen LogP contribution in [0.5, 0.6) is 0 Å². The molecule has 162 valence electrons. The fourth-order valence-electron chi connectivity index (χ4n) is 4.26. The zero-order chi connectivity index (χ0) is 21.4. The maximum atomic E-state index is 12.3. The first-order chi connectivity index (χ1) is 15.1. The number of nitrogens with zero attached hydrogens (tertiary/aromatic N) is 7. The van der Waals surface area contributed by atoms with Crippen LogP contribution in [0.15, 0.2) is 36.8 Å². The van der Waals surface area contributed by atoms with Crippen molar-refractivity contribution in [2.24, 2.45) is 7.05 Å². The van der Waals surface area contributed by atoms with E-state index in [4.69, 9.17) is 0 Å². The second-order valence-corrected chi connectivity index (χ2v) is 8.15. The minimum Gasteiger partial charge on any atom is -0.297 e. The zero-order valence-electron chi connectivity index (χ0n) is 17.6. The van der Waals surface area contributed by atoms with Crippen LogP contribution < -0.4 is 10.2 Å². The predicted octanol–water partition coefficient (Wildman–Crippen LogP) is 0.832. The van der Waals surface area contributed by atoms with Gasteiger partial charge >= 0.3 is 6.03 Å². The number of imide groups is 1. The molecule has 5 rings (SSSR count). The van der Waals surface area contributed by atoms with E-state index in [2.05, 4.69) is 43.5 Å². The number of rotatable bonds is 5. The number of carbonyl (C=O) groups is 2. The van der Waals surface area contributed by atoms with E-state index in [1.165, 1.54) is 11.3 Å². The molecule has 0 aliphatic carbocycles. The highest BCUT2D eigenvalue weighted by atomic mass is 16.2. The monoisotopic (exact) mass is 422 g/mol. The third kappa shape index (κ3) is 4.04. The SMILES string of the molecule is Cn1nccc1CN1CCN(Cc2ccn3ncc(N4CCC(=O)NC4=O)c3c2)CC1. The lowest BCUT2D eigenvalue weighted by Crippen LogP contribution is -2.49. The zero-order valence-corrected chi connectivity index (χ0v) is 17.6. The molecule has 3 aromatic rings. The highest BCUT2D eigenvalue weighted by Gasteiger charge is 2.26. The normalized spacial score (nSPS) is 18.7. The number of anilines is 1. The lowest BCUT2D eigenvalue weighted by Gasteiger charge is -2.34. The number of nitrogens with one attached hydrogen (secondary N) is 1. The van der Waals surface area contributed by atoms with Gasteiger partial charge in [-0.3, -0.25) is 29.5 Å². The van der Waals surface area contributed by atoms with Crippen LogP contribution in [0.3, 0.4) is 0 Å². The molecule has 0 saturated carbocycles. The first-order valence-corrected chi connectivity index (χ1v) is 10.6. The van der Waals surface area contributed by atoms with Crippen LogP contribution in [0.2, 0.25) is 0 Å². The maximum absolute atomic E-state index is 12.3. The summed E-state index contributed by atoms with van der Waals surface area (Å²) >= 11 is 0. The average Bonchev–Trinajstić information content (AvgIpc) is 3.35. The van der Waals surface area contributed by atoms with E-state index in [-0.39, 0.29) is 11.9 Å². The predicted molar refractivity (Wildman–Crippen MR) is 114 cm³/mol. The van der Waals surface area contributed by atoms with Crippen molar-refractivity contribution in [1.29, 1.82) is 0 Å². The largest absolute Gasteiger partial charge is 0.328 e. The van der Waals surface area contributed by atoms with Crippen LogP contribution >= 0.6 is 0 Å². The van der Waals surface area contributed by atoms with Crippen LogP contribution in [0, 0.1) is 0 Å². The first-order valence-electron chi connectivity index (χ1n) is 10.6. The molecule has 2 saturated heterocycles. The molecular weight excluding hydrogens is 396 g/mol. The van der Waals surface area contributed by atoms with E-state index in [0.29, 0.717) is 13.0 Å². The molecule has 1 N–H and O–H groups in total. The Morgan fingerprint density at radius 3 is 2.48 bits per heavy atom. The third-order valence-electron chi connectivity index (χ3n) is 6.09. The second-order valence-electron chi connectivity index (χ2n) is 8.15. The van der Waals surface area contributed by atoms with Crippen molar-refractivity contribution in [3.05, 3.63) is 48.0 Å². The quantitative estimate of drug-likeness (QED) is 0.655. The van der Waals surface area contributed by atoms with E-state index >= 15 is 0 Å². The van der Waals surface area contributed by atoms with Gasteiger partial charge in [0, 0.05) is 71.7 Å². The van der Waals surface area contributed by atoms with E-state index in [1.807, 2.05) is 24.1 Å². The summed E-state index contributed by atoms with van der Waals surface area (Å²) in [5.41, 5.74) is 4.02. The summed E-state index contributed by atoms with van der Waals surface area (Å²) in [5, 5.41) is 11.0. The van der Waals surface area contributed by atoms with Crippen molar-refractivity contribution in [3.8, 4) is 0 Å². The number of piperazine rings is 1. The Labute approximate surface area is 180 Å². The molecule has 0 atom stereocenters. The Bertz CT molecular complexity index is 1110. The topological polar surface area (TPSA) is 91.0 Å². The first kappa shape index (κ1) is 19.7. The van der Waals surface area contributed by atoms with Crippen LogP contribution in [0.1, 0.15) is 17.7 Å². The van der Waals surface area contributed by atoms with Gasteiger partial charge in [0.15, 0.2) is 0 Å². The van der Waals surface area contributed by atoms with Gasteiger partial charge in [0.1, 0.15) is 0 Å². The van der Waals surface area contributed by atoms with Crippen molar-refractivity contribution in [3.63, 3.8) is 0 Å². The molecule has 2 fully saturated rings. The van der Waals surface area contributed by atoms with Gasteiger partial charge in [-0.2, -0.15) is 10.2 Å². The van der Waals surface area contributed by atoms with Gasteiger partial charge in [-0.15, -0.1) is 0 Å². The summed E-state index contributed by atoms with van der Waals surface area (Å²) in [6, 6.07) is 5.85. The molecule has 2 aliphatic rings. The summed E-state index contributed by atoms with van der Waals surface area (Å²) in [5.74, 6) is -0.235. The van der Waals surface area contributed by atoms with Crippen LogP contribution in [-0.2, 0) is 24.9 Å². The molecule has 10 heteroatoms. The Hall–Kier alpha value is -3.24. The lowest BCUT2D eigenvalue weighted by molar-refractivity contribution is -0.120. The molecular formula is C21H26N8O2. The van der Waals surface area contributed by atoms with Gasteiger partial charge in [-0.1, -0.05) is 0 Å². The number of aromatic nitrogens is 4. The van der Waals surface area contributed by atoms with Crippen molar-refractivity contribution in [1.82, 2.24) is 34.5 Å². The molecule has 0 unspecified atom stereocenters. The van der Waals surface area contributed by atoms with Crippen LogP contribution in [0.25, 0.3) is 5.52 Å². The van der Waals surface area contributed by atoms with Crippen molar-refractivity contribution < 1.29 is 9.59 Å². The number of carbonyl (C=O) groups excluding carboxylic acids is 2. The van der Waals surface area contributed by atoms with Gasteiger partial charge < -0.3 is 0 Å². The van der Waals surface area contributed by atoms with Gasteiger partial charge in [-0.05, 0) is 23.8 Å². The number of fused-ring (bicyclic) bond motifs is 1. The van der Waals surface area contributed by atoms with E-state index in [0.717, 1.165) is 50.5 Å². The summed E-state index contributed by atoms with van der Waals surface area (Å²) in [6.07, 6.45) is 5.76. The molecule has 0 aromatic carbocycles. The van der Waals surface area contributed by atoms with E-state index in [9.17, 15) is 9.59 Å². The highest BCUT2D eigenvalue weighted by molar-refractivity contribution is 6.07. The Kier molecular flexibility index (Phi) is 5.16. The smallest absolute Gasteiger partial charge is 0.297 e. The van der Waals surface area contributed by atoms with Gasteiger partial charge in [-0.25, -0.2) is 9.31 Å². The van der Waals surface area contributed by atoms with Crippen LogP contribution in [0.4, 0.5) is 10.5 Å². The summed E-state index contributed by atoms with van der Waals surface area (Å²) in [4.78, 5) is 30.2. The molecule has 0 radical (unpaired) electrons. The van der Waals surface area contributed by atoms with Gasteiger partial charge in [0.25, 0.3) is 0 Å². The molecule has 3 aromatic heterocycles. The second kappa shape index (κ2) is 8.12. The van der Waals surface area contributed by atoms with Gasteiger partial charge in [0.05, 0.1) is 23.1 Å². The molecule has 5 heterocycles. The number of urea groups is 1. The summed E-state index contributed by atoms with van der Waals surface area (Å²) in [7, 11) is 1.98. The lowest BCUT2D eigenvalue weighted by atomic mass is 10.2. The number of pyridine rings is 1. The fourth-order valence-corrected chi connectivity index (χ4v) is 4.26. The Balaban J connectivity index is 1.25.